The number of hydrogen-bond acceptors (Lipinski definition) is 1. The van der Waals surface area contributed by atoms with Gasteiger partial charge in [0.15, 0.2) is 0 Å². The molecule has 0 aromatic heterocycles. The summed E-state index contributed by atoms with van der Waals surface area (Å²) in [4.78, 5) is 0. The van der Waals surface area contributed by atoms with Gasteiger partial charge in [-0.15, -0.1) is 0 Å². The van der Waals surface area contributed by atoms with Crippen molar-refractivity contribution in [2.45, 2.75) is 84.5 Å². The van der Waals surface area contributed by atoms with Gasteiger partial charge < -0.3 is 5.32 Å². The van der Waals surface area contributed by atoms with E-state index < -0.39 is 0 Å². The van der Waals surface area contributed by atoms with E-state index in [9.17, 15) is 0 Å². The maximum absolute atomic E-state index is 3.69. The highest BCUT2D eigenvalue weighted by molar-refractivity contribution is 4.94. The molecule has 0 radical (unpaired) electrons. The topological polar surface area (TPSA) is 12.0 Å². The molecule has 112 valence electrons. The Hall–Kier alpha value is -0.0400. The third-order valence-electron chi connectivity index (χ3n) is 6.02. The Morgan fingerprint density at radius 2 is 1.68 bits per heavy atom. The number of hydrogen-bond donors (Lipinski definition) is 1. The van der Waals surface area contributed by atoms with E-state index in [2.05, 4.69) is 19.2 Å². The van der Waals surface area contributed by atoms with Crippen molar-refractivity contribution in [2.75, 3.05) is 13.1 Å². The molecule has 0 aliphatic heterocycles. The summed E-state index contributed by atoms with van der Waals surface area (Å²) in [6.45, 7) is 7.04. The normalized spacial score (nSPS) is 32.8. The van der Waals surface area contributed by atoms with Crippen LogP contribution in [0.3, 0.4) is 0 Å². The molecule has 2 aliphatic rings. The van der Waals surface area contributed by atoms with Crippen LogP contribution in [0.2, 0.25) is 0 Å². The molecular formula is C18H35N. The van der Waals surface area contributed by atoms with Crippen molar-refractivity contribution < 1.29 is 0 Å². The summed E-state index contributed by atoms with van der Waals surface area (Å²) >= 11 is 0. The van der Waals surface area contributed by atoms with Gasteiger partial charge in [0.25, 0.3) is 0 Å². The molecule has 2 saturated carbocycles. The van der Waals surface area contributed by atoms with Crippen LogP contribution in [0.15, 0.2) is 0 Å². The smallest absolute Gasteiger partial charge is 0.00104 e. The fraction of sp³-hybridized carbons (Fsp3) is 1.00. The van der Waals surface area contributed by atoms with Crippen molar-refractivity contribution in [3.8, 4) is 0 Å². The van der Waals surface area contributed by atoms with Crippen LogP contribution in [0.25, 0.3) is 0 Å². The molecule has 0 atom stereocenters. The molecule has 1 nitrogen and oxygen atoms in total. The summed E-state index contributed by atoms with van der Waals surface area (Å²) in [6, 6.07) is 0. The second-order valence-corrected chi connectivity index (χ2v) is 7.21. The second kappa shape index (κ2) is 7.67. The molecule has 0 amide bonds. The number of nitrogens with one attached hydrogen (secondary N) is 1. The van der Waals surface area contributed by atoms with E-state index in [1.165, 1.54) is 77.2 Å². The van der Waals surface area contributed by atoms with Crippen LogP contribution >= 0.6 is 0 Å². The van der Waals surface area contributed by atoms with Gasteiger partial charge in [-0.05, 0) is 62.3 Å². The summed E-state index contributed by atoms with van der Waals surface area (Å²) < 4.78 is 0. The van der Waals surface area contributed by atoms with Gasteiger partial charge in [-0.3, -0.25) is 0 Å². The predicted molar refractivity (Wildman–Crippen MR) is 84.4 cm³/mol. The Morgan fingerprint density at radius 1 is 1.00 bits per heavy atom. The lowest BCUT2D eigenvalue weighted by atomic mass is 9.62. The fourth-order valence-corrected chi connectivity index (χ4v) is 4.68. The van der Waals surface area contributed by atoms with Crippen LogP contribution in [-0.2, 0) is 0 Å². The third-order valence-corrected chi connectivity index (χ3v) is 6.02. The summed E-state index contributed by atoms with van der Waals surface area (Å²) in [7, 11) is 0. The summed E-state index contributed by atoms with van der Waals surface area (Å²) in [6.07, 6.45) is 16.4. The molecule has 19 heavy (non-hydrogen) atoms. The monoisotopic (exact) mass is 265 g/mol. The van der Waals surface area contributed by atoms with Crippen LogP contribution in [0.5, 0.6) is 0 Å². The van der Waals surface area contributed by atoms with E-state index >= 15 is 0 Å². The Morgan fingerprint density at radius 3 is 2.26 bits per heavy atom. The lowest BCUT2D eigenvalue weighted by Crippen LogP contribution is -2.42. The van der Waals surface area contributed by atoms with Gasteiger partial charge in [-0.25, -0.2) is 0 Å². The van der Waals surface area contributed by atoms with Crippen molar-refractivity contribution >= 4 is 0 Å². The molecule has 2 aliphatic carbocycles. The highest BCUT2D eigenvalue weighted by Gasteiger charge is 2.41. The predicted octanol–water partition coefficient (Wildman–Crippen LogP) is 5.15. The molecule has 0 aromatic rings. The van der Waals surface area contributed by atoms with E-state index in [4.69, 9.17) is 0 Å². The molecule has 0 bridgehead atoms. The third kappa shape index (κ3) is 3.97. The Labute approximate surface area is 120 Å². The van der Waals surface area contributed by atoms with E-state index in [0.717, 1.165) is 18.4 Å². The largest absolute Gasteiger partial charge is 0.316 e. The first-order valence-corrected chi connectivity index (χ1v) is 9.01. The van der Waals surface area contributed by atoms with Crippen molar-refractivity contribution in [1.82, 2.24) is 5.32 Å². The SMILES string of the molecule is CCCCC1CCC(CNCC)(C2CCCC2)CC1. The zero-order valence-corrected chi connectivity index (χ0v) is 13.3. The summed E-state index contributed by atoms with van der Waals surface area (Å²) in [5.74, 6) is 2.09. The first-order valence-electron chi connectivity index (χ1n) is 9.01. The van der Waals surface area contributed by atoms with Crippen LogP contribution in [0.4, 0.5) is 0 Å². The minimum Gasteiger partial charge on any atom is -0.316 e. The Kier molecular flexibility index (Phi) is 6.19. The maximum atomic E-state index is 3.69. The molecule has 2 rings (SSSR count). The van der Waals surface area contributed by atoms with Gasteiger partial charge in [0, 0.05) is 6.54 Å². The van der Waals surface area contributed by atoms with Gasteiger partial charge in [-0.1, -0.05) is 46.0 Å². The average Bonchev–Trinajstić information content (AvgIpc) is 2.99. The van der Waals surface area contributed by atoms with E-state index in [0.29, 0.717) is 5.41 Å². The lowest BCUT2D eigenvalue weighted by Gasteiger charge is -2.45. The first-order chi connectivity index (χ1) is 9.30. The molecule has 1 heteroatoms. The quantitative estimate of drug-likeness (QED) is 0.671. The molecule has 0 heterocycles. The van der Waals surface area contributed by atoms with Crippen molar-refractivity contribution in [3.05, 3.63) is 0 Å². The standard InChI is InChI=1S/C18H35N/c1-3-5-8-16-11-13-18(14-12-16,15-19-4-2)17-9-6-7-10-17/h16-17,19H,3-15H2,1-2H3. The van der Waals surface area contributed by atoms with E-state index in [-0.39, 0.29) is 0 Å². The van der Waals surface area contributed by atoms with Gasteiger partial charge in [0.1, 0.15) is 0 Å². The van der Waals surface area contributed by atoms with Gasteiger partial charge >= 0.3 is 0 Å². The lowest BCUT2D eigenvalue weighted by molar-refractivity contribution is 0.0714. The van der Waals surface area contributed by atoms with Crippen LogP contribution in [0.1, 0.15) is 84.5 Å². The zero-order chi connectivity index (χ0) is 13.6. The minimum atomic E-state index is 0.676. The van der Waals surface area contributed by atoms with Gasteiger partial charge in [0.05, 0.1) is 0 Å². The Balaban J connectivity index is 1.89. The molecule has 2 fully saturated rings. The molecule has 0 unspecified atom stereocenters. The minimum absolute atomic E-state index is 0.676. The molecule has 1 N–H and O–H groups in total. The summed E-state index contributed by atoms with van der Waals surface area (Å²) in [5, 5.41) is 3.69. The highest BCUT2D eigenvalue weighted by Crippen LogP contribution is 2.50. The number of unbranched alkanes of at least 4 members (excludes halogenated alkanes) is 1. The Bertz CT molecular complexity index is 234. The molecule has 0 aromatic carbocycles. The molecular weight excluding hydrogens is 230 g/mol. The van der Waals surface area contributed by atoms with Crippen molar-refractivity contribution in [1.29, 1.82) is 0 Å². The fourth-order valence-electron chi connectivity index (χ4n) is 4.68. The van der Waals surface area contributed by atoms with Crippen LogP contribution < -0.4 is 5.32 Å². The van der Waals surface area contributed by atoms with Gasteiger partial charge in [0.2, 0.25) is 0 Å². The van der Waals surface area contributed by atoms with Crippen LogP contribution in [-0.4, -0.2) is 13.1 Å². The zero-order valence-electron chi connectivity index (χ0n) is 13.3. The highest BCUT2D eigenvalue weighted by atomic mass is 14.9. The molecule has 0 saturated heterocycles. The van der Waals surface area contributed by atoms with Crippen molar-refractivity contribution in [3.63, 3.8) is 0 Å². The number of rotatable bonds is 7. The van der Waals surface area contributed by atoms with E-state index in [1.54, 1.807) is 0 Å². The van der Waals surface area contributed by atoms with Crippen LogP contribution in [0, 0.1) is 17.3 Å². The summed E-state index contributed by atoms with van der Waals surface area (Å²) in [5.41, 5.74) is 0.676. The second-order valence-electron chi connectivity index (χ2n) is 7.21. The average molecular weight is 265 g/mol. The van der Waals surface area contributed by atoms with Gasteiger partial charge in [-0.2, -0.15) is 0 Å². The van der Waals surface area contributed by atoms with Crippen molar-refractivity contribution in [2.24, 2.45) is 17.3 Å². The molecule has 0 spiro atoms. The maximum Gasteiger partial charge on any atom is 0.00104 e. The first kappa shape index (κ1) is 15.4. The van der Waals surface area contributed by atoms with E-state index in [1.807, 2.05) is 0 Å².